The van der Waals surface area contributed by atoms with Gasteiger partial charge in [-0.2, -0.15) is 0 Å². The monoisotopic (exact) mass is 318 g/mol. The Hall–Kier alpha value is -1.69. The van der Waals surface area contributed by atoms with E-state index in [0.29, 0.717) is 0 Å². The Morgan fingerprint density at radius 1 is 0.600 bits per heavy atom. The molecule has 0 fully saturated rings. The highest BCUT2D eigenvalue weighted by molar-refractivity contribution is 7.82. The number of ether oxygens (including phenoxy) is 2. The molecule has 0 aliphatic heterocycles. The van der Waals surface area contributed by atoms with Gasteiger partial charge in [-0.15, -0.1) is 0 Å². The molecule has 2 rings (SSSR count). The molecule has 100 valence electrons. The summed E-state index contributed by atoms with van der Waals surface area (Å²) in [6.45, 7) is 0. The van der Waals surface area contributed by atoms with Gasteiger partial charge in [0.1, 0.15) is 0 Å². The van der Waals surface area contributed by atoms with Gasteiger partial charge in [-0.3, -0.25) is 0 Å². The Balaban J connectivity index is 1.93. The lowest BCUT2D eigenvalue weighted by Gasteiger charge is -2.09. The van der Waals surface area contributed by atoms with Crippen LogP contribution in [0.15, 0.2) is 60.7 Å². The van der Waals surface area contributed by atoms with Crippen LogP contribution in [0.4, 0.5) is 0 Å². The van der Waals surface area contributed by atoms with Crippen molar-refractivity contribution in [1.29, 1.82) is 0 Å². The van der Waals surface area contributed by atoms with Gasteiger partial charge in [0.2, 0.25) is 10.1 Å². The minimum absolute atomic E-state index is 0.104. The fourth-order valence-corrected chi connectivity index (χ4v) is 2.13. The maximum Gasteiger partial charge on any atom is 0.365 e. The molecule has 0 saturated heterocycles. The summed E-state index contributed by atoms with van der Waals surface area (Å²) in [5.41, 5.74) is 1.53. The third kappa shape index (κ3) is 4.16. The SMILES string of the molecule is S=C(OC(=S)c1ccccc1)OC(=S)c1ccccc1. The summed E-state index contributed by atoms with van der Waals surface area (Å²) in [5.74, 6) is 0. The van der Waals surface area contributed by atoms with Crippen molar-refractivity contribution in [1.82, 2.24) is 0 Å². The van der Waals surface area contributed by atoms with E-state index in [4.69, 9.17) is 46.1 Å². The van der Waals surface area contributed by atoms with Gasteiger partial charge >= 0.3 is 5.24 Å². The van der Waals surface area contributed by atoms with Crippen LogP contribution in [0.5, 0.6) is 0 Å². The van der Waals surface area contributed by atoms with Crippen molar-refractivity contribution in [3.63, 3.8) is 0 Å². The number of benzene rings is 2. The summed E-state index contributed by atoms with van der Waals surface area (Å²) in [7, 11) is 0. The van der Waals surface area contributed by atoms with Crippen LogP contribution < -0.4 is 0 Å². The van der Waals surface area contributed by atoms with Crippen LogP contribution >= 0.6 is 36.7 Å². The molecule has 0 aromatic heterocycles. The van der Waals surface area contributed by atoms with E-state index < -0.39 is 0 Å². The first-order chi connectivity index (χ1) is 9.66. The lowest BCUT2D eigenvalue weighted by atomic mass is 10.2. The quantitative estimate of drug-likeness (QED) is 0.775. The minimum atomic E-state index is -0.104. The van der Waals surface area contributed by atoms with Crippen molar-refractivity contribution >= 4 is 52.0 Å². The first-order valence-electron chi connectivity index (χ1n) is 5.75. The first kappa shape index (κ1) is 14.7. The molecule has 0 spiro atoms. The summed E-state index contributed by atoms with van der Waals surface area (Å²) in [6, 6.07) is 18.6. The molecule has 0 amide bonds. The van der Waals surface area contributed by atoms with Crippen LogP contribution in [-0.2, 0) is 9.47 Å². The molecule has 5 heteroatoms. The number of rotatable bonds is 2. The molecule has 0 atom stereocenters. The smallest absolute Gasteiger partial charge is 0.365 e. The number of hydrogen-bond acceptors (Lipinski definition) is 5. The van der Waals surface area contributed by atoms with Crippen molar-refractivity contribution in [2.75, 3.05) is 0 Å². The molecular formula is C15H10O2S3. The van der Waals surface area contributed by atoms with E-state index in [9.17, 15) is 0 Å². The molecule has 2 aromatic rings. The van der Waals surface area contributed by atoms with E-state index in [-0.39, 0.29) is 15.3 Å². The van der Waals surface area contributed by atoms with Crippen LogP contribution in [0.25, 0.3) is 0 Å². The Kier molecular flexibility index (Phi) is 5.29. The Morgan fingerprint density at radius 2 is 0.950 bits per heavy atom. The molecule has 0 saturated carbocycles. The zero-order valence-corrected chi connectivity index (χ0v) is 12.8. The summed E-state index contributed by atoms with van der Waals surface area (Å²) in [6.07, 6.45) is 0. The lowest BCUT2D eigenvalue weighted by molar-refractivity contribution is 0.404. The molecule has 0 aliphatic rings. The second-order valence-corrected chi connectivity index (χ2v) is 4.84. The van der Waals surface area contributed by atoms with Crippen LogP contribution in [0.2, 0.25) is 0 Å². The molecule has 0 heterocycles. The molecular weight excluding hydrogens is 308 g/mol. The van der Waals surface area contributed by atoms with Gasteiger partial charge in [-0.1, -0.05) is 60.7 Å². The zero-order valence-electron chi connectivity index (χ0n) is 10.3. The number of thiocarbonyl (C=S) groups is 3. The average Bonchev–Trinajstić information content (AvgIpc) is 2.49. The van der Waals surface area contributed by atoms with Crippen molar-refractivity contribution in [3.05, 3.63) is 71.8 Å². The minimum Gasteiger partial charge on any atom is -0.405 e. The Morgan fingerprint density at radius 3 is 1.30 bits per heavy atom. The number of hydrogen-bond donors (Lipinski definition) is 0. The lowest BCUT2D eigenvalue weighted by Crippen LogP contribution is -2.16. The molecule has 0 N–H and O–H groups in total. The van der Waals surface area contributed by atoms with E-state index in [1.54, 1.807) is 0 Å². The molecule has 0 unspecified atom stereocenters. The van der Waals surface area contributed by atoms with Crippen LogP contribution in [-0.4, -0.2) is 15.3 Å². The molecule has 0 bridgehead atoms. The third-order valence-corrected chi connectivity index (χ3v) is 3.18. The highest BCUT2D eigenvalue weighted by Gasteiger charge is 2.10. The van der Waals surface area contributed by atoms with Gasteiger partial charge in [0, 0.05) is 23.3 Å². The van der Waals surface area contributed by atoms with E-state index in [1.165, 1.54) is 0 Å². The fraction of sp³-hybridized carbons (Fsp3) is 0. The van der Waals surface area contributed by atoms with Crippen molar-refractivity contribution in [3.8, 4) is 0 Å². The predicted molar refractivity (Wildman–Crippen MR) is 91.1 cm³/mol. The highest BCUT2D eigenvalue weighted by Crippen LogP contribution is 2.07. The zero-order chi connectivity index (χ0) is 14.4. The van der Waals surface area contributed by atoms with Gasteiger partial charge in [0.05, 0.1) is 0 Å². The molecule has 2 nitrogen and oxygen atoms in total. The fourth-order valence-electron chi connectivity index (χ4n) is 1.44. The van der Waals surface area contributed by atoms with Gasteiger partial charge in [-0.05, 0) is 24.4 Å². The van der Waals surface area contributed by atoms with Crippen molar-refractivity contribution < 1.29 is 9.47 Å². The largest absolute Gasteiger partial charge is 0.405 e. The van der Waals surface area contributed by atoms with Gasteiger partial charge in [-0.25, -0.2) is 0 Å². The van der Waals surface area contributed by atoms with E-state index >= 15 is 0 Å². The van der Waals surface area contributed by atoms with Gasteiger partial charge < -0.3 is 9.47 Å². The summed E-state index contributed by atoms with van der Waals surface area (Å²) < 4.78 is 10.6. The van der Waals surface area contributed by atoms with Gasteiger partial charge in [0.15, 0.2) is 0 Å². The van der Waals surface area contributed by atoms with Crippen molar-refractivity contribution in [2.45, 2.75) is 0 Å². The summed E-state index contributed by atoms with van der Waals surface area (Å²) >= 11 is 15.3. The van der Waals surface area contributed by atoms with Crippen LogP contribution in [0.1, 0.15) is 11.1 Å². The second-order valence-electron chi connectivity index (χ2n) is 3.76. The van der Waals surface area contributed by atoms with E-state index in [1.807, 2.05) is 60.7 Å². The van der Waals surface area contributed by atoms with Crippen LogP contribution in [0.3, 0.4) is 0 Å². The topological polar surface area (TPSA) is 18.5 Å². The molecule has 20 heavy (non-hydrogen) atoms. The summed E-state index contributed by atoms with van der Waals surface area (Å²) in [4.78, 5) is 0. The normalized spacial score (nSPS) is 9.60. The second kappa shape index (κ2) is 7.19. The molecule has 0 aliphatic carbocycles. The third-order valence-electron chi connectivity index (χ3n) is 2.37. The first-order valence-corrected chi connectivity index (χ1v) is 6.97. The standard InChI is InChI=1S/C15H10O2S3/c18-13(11-7-3-1-4-8-11)16-15(20)17-14(19)12-9-5-2-6-10-12/h1-10H. The Bertz CT molecular complexity index is 569. The predicted octanol–water partition coefficient (Wildman–Crippen LogP) is 4.06. The maximum atomic E-state index is 5.28. The molecule has 2 aromatic carbocycles. The van der Waals surface area contributed by atoms with E-state index in [0.717, 1.165) is 11.1 Å². The average molecular weight is 318 g/mol. The van der Waals surface area contributed by atoms with Crippen molar-refractivity contribution in [2.24, 2.45) is 0 Å². The highest BCUT2D eigenvalue weighted by atomic mass is 32.1. The van der Waals surface area contributed by atoms with Crippen LogP contribution in [0, 0.1) is 0 Å². The van der Waals surface area contributed by atoms with Gasteiger partial charge in [0.25, 0.3) is 0 Å². The Labute approximate surface area is 133 Å². The maximum absolute atomic E-state index is 5.28. The summed E-state index contributed by atoms with van der Waals surface area (Å²) in [5, 5.41) is 0.408. The molecule has 0 radical (unpaired) electrons. The van der Waals surface area contributed by atoms with E-state index in [2.05, 4.69) is 0 Å².